The van der Waals surface area contributed by atoms with Crippen LogP contribution < -0.4 is 4.74 Å². The number of hydrogen-bond acceptors (Lipinski definition) is 5. The molecule has 6 heteroatoms. The molecule has 1 amide bonds. The van der Waals surface area contributed by atoms with Gasteiger partial charge in [0, 0.05) is 31.4 Å². The lowest BCUT2D eigenvalue weighted by atomic mass is 9.71. The van der Waals surface area contributed by atoms with Crippen LogP contribution in [0.1, 0.15) is 47.4 Å². The normalized spacial score (nSPS) is 28.1. The van der Waals surface area contributed by atoms with Crippen LogP contribution in [0.4, 0.5) is 0 Å². The molecule has 31 heavy (non-hydrogen) atoms. The van der Waals surface area contributed by atoms with Gasteiger partial charge in [-0.1, -0.05) is 18.6 Å². The predicted octanol–water partition coefficient (Wildman–Crippen LogP) is 3.35. The van der Waals surface area contributed by atoms with Gasteiger partial charge in [-0.05, 0) is 68.7 Å². The van der Waals surface area contributed by atoms with Crippen molar-refractivity contribution in [3.05, 3.63) is 53.6 Å². The van der Waals surface area contributed by atoms with E-state index in [1.165, 1.54) is 37.8 Å². The Kier molecular flexibility index (Phi) is 5.65. The van der Waals surface area contributed by atoms with Crippen LogP contribution in [0, 0.1) is 18.8 Å². The van der Waals surface area contributed by atoms with Crippen molar-refractivity contribution in [1.82, 2.24) is 19.8 Å². The molecule has 3 fully saturated rings. The van der Waals surface area contributed by atoms with Crippen LogP contribution in [-0.4, -0.2) is 64.5 Å². The summed E-state index contributed by atoms with van der Waals surface area (Å²) in [5.74, 6) is 2.00. The first-order valence-corrected chi connectivity index (χ1v) is 11.6. The molecule has 3 aliphatic rings. The van der Waals surface area contributed by atoms with Crippen LogP contribution in [0.3, 0.4) is 0 Å². The van der Waals surface area contributed by atoms with Gasteiger partial charge >= 0.3 is 0 Å². The summed E-state index contributed by atoms with van der Waals surface area (Å²) in [4.78, 5) is 26.7. The van der Waals surface area contributed by atoms with Crippen molar-refractivity contribution in [3.8, 4) is 5.75 Å². The highest BCUT2D eigenvalue weighted by atomic mass is 16.5. The van der Waals surface area contributed by atoms with Crippen molar-refractivity contribution in [2.24, 2.45) is 11.8 Å². The maximum atomic E-state index is 13.2. The summed E-state index contributed by atoms with van der Waals surface area (Å²) in [7, 11) is 1.73. The lowest BCUT2D eigenvalue weighted by Crippen LogP contribution is -2.64. The van der Waals surface area contributed by atoms with Crippen LogP contribution in [0.25, 0.3) is 0 Å². The molecule has 6 nitrogen and oxygen atoms in total. The van der Waals surface area contributed by atoms with E-state index in [0.717, 1.165) is 31.0 Å². The molecule has 1 aromatic heterocycles. The van der Waals surface area contributed by atoms with E-state index in [9.17, 15) is 4.79 Å². The van der Waals surface area contributed by atoms with Crippen molar-refractivity contribution >= 4 is 5.91 Å². The second-order valence-electron chi connectivity index (χ2n) is 9.43. The van der Waals surface area contributed by atoms with E-state index in [-0.39, 0.29) is 5.91 Å². The zero-order valence-corrected chi connectivity index (χ0v) is 18.5. The van der Waals surface area contributed by atoms with Crippen molar-refractivity contribution in [2.45, 2.75) is 51.1 Å². The summed E-state index contributed by atoms with van der Waals surface area (Å²) < 4.78 is 5.46. The molecule has 4 heterocycles. The second-order valence-corrected chi connectivity index (χ2v) is 9.43. The Labute approximate surface area is 184 Å². The third-order valence-corrected chi connectivity index (χ3v) is 7.49. The highest BCUT2D eigenvalue weighted by Gasteiger charge is 2.47. The molecule has 1 aromatic carbocycles. The monoisotopic (exact) mass is 420 g/mol. The first-order chi connectivity index (χ1) is 15.1. The second kappa shape index (κ2) is 8.58. The van der Waals surface area contributed by atoms with Crippen LogP contribution in [0.15, 0.2) is 36.7 Å². The van der Waals surface area contributed by atoms with E-state index < -0.39 is 0 Å². The fourth-order valence-corrected chi connectivity index (χ4v) is 6.06. The van der Waals surface area contributed by atoms with Crippen molar-refractivity contribution in [3.63, 3.8) is 0 Å². The van der Waals surface area contributed by atoms with E-state index in [1.54, 1.807) is 19.5 Å². The van der Waals surface area contributed by atoms with Gasteiger partial charge in [-0.15, -0.1) is 0 Å². The molecule has 3 aliphatic heterocycles. The SMILES string of the molecule is COc1cccc(C[C@H]2[C@H]3C[C@H](CN(C(=O)c4cnc(C)cn4)C3)[C@@H]3CCCCN32)c1. The molecule has 2 aromatic rings. The number of likely N-dealkylation sites (tertiary alicyclic amines) is 1. The number of nitrogens with zero attached hydrogens (tertiary/aromatic N) is 4. The number of amides is 1. The largest absolute Gasteiger partial charge is 0.497 e. The molecule has 2 bridgehead atoms. The number of hydrogen-bond donors (Lipinski definition) is 0. The molecule has 0 unspecified atom stereocenters. The summed E-state index contributed by atoms with van der Waals surface area (Å²) in [6.45, 7) is 4.73. The number of fused-ring (bicyclic) bond motifs is 4. The topological polar surface area (TPSA) is 58.6 Å². The Balaban J connectivity index is 1.40. The fraction of sp³-hybridized carbons (Fsp3) is 0.560. The molecule has 0 radical (unpaired) electrons. The molecule has 5 rings (SSSR count). The molecular weight excluding hydrogens is 388 g/mol. The van der Waals surface area contributed by atoms with Crippen LogP contribution in [-0.2, 0) is 6.42 Å². The number of ether oxygens (including phenoxy) is 1. The average molecular weight is 421 g/mol. The Morgan fingerprint density at radius 2 is 2.03 bits per heavy atom. The maximum Gasteiger partial charge on any atom is 0.274 e. The number of rotatable bonds is 4. The minimum absolute atomic E-state index is 0.0339. The van der Waals surface area contributed by atoms with E-state index in [2.05, 4.69) is 38.0 Å². The summed E-state index contributed by atoms with van der Waals surface area (Å²) >= 11 is 0. The first kappa shape index (κ1) is 20.4. The van der Waals surface area contributed by atoms with Crippen LogP contribution >= 0.6 is 0 Å². The van der Waals surface area contributed by atoms with Crippen molar-refractivity contribution in [1.29, 1.82) is 0 Å². The minimum Gasteiger partial charge on any atom is -0.497 e. The predicted molar refractivity (Wildman–Crippen MR) is 119 cm³/mol. The van der Waals surface area contributed by atoms with Gasteiger partial charge in [-0.3, -0.25) is 14.7 Å². The van der Waals surface area contributed by atoms with E-state index >= 15 is 0 Å². The number of piperidine rings is 3. The van der Waals surface area contributed by atoms with Crippen molar-refractivity contribution < 1.29 is 9.53 Å². The smallest absolute Gasteiger partial charge is 0.274 e. The number of methoxy groups -OCH3 is 1. The van der Waals surface area contributed by atoms with Gasteiger partial charge in [-0.25, -0.2) is 4.98 Å². The third kappa shape index (κ3) is 4.05. The summed E-state index contributed by atoms with van der Waals surface area (Å²) in [6.07, 6.45) is 9.38. The quantitative estimate of drug-likeness (QED) is 0.759. The Morgan fingerprint density at radius 1 is 1.16 bits per heavy atom. The van der Waals surface area contributed by atoms with Gasteiger partial charge in [0.15, 0.2) is 0 Å². The summed E-state index contributed by atoms with van der Waals surface area (Å²) in [5, 5.41) is 0. The summed E-state index contributed by atoms with van der Waals surface area (Å²) in [5.41, 5.74) is 2.62. The van der Waals surface area contributed by atoms with E-state index in [4.69, 9.17) is 4.74 Å². The molecule has 0 saturated carbocycles. The number of aromatic nitrogens is 2. The highest BCUT2D eigenvalue weighted by Crippen LogP contribution is 2.42. The number of benzene rings is 1. The lowest BCUT2D eigenvalue weighted by molar-refractivity contribution is -0.0643. The number of carbonyl (C=O) groups is 1. The fourth-order valence-electron chi connectivity index (χ4n) is 6.06. The average Bonchev–Trinajstić information content (AvgIpc) is 2.82. The Bertz CT molecular complexity index is 931. The van der Waals surface area contributed by atoms with E-state index in [0.29, 0.717) is 29.6 Å². The van der Waals surface area contributed by atoms with Gasteiger partial charge in [0.1, 0.15) is 11.4 Å². The van der Waals surface area contributed by atoms with Gasteiger partial charge in [0.2, 0.25) is 0 Å². The maximum absolute atomic E-state index is 13.2. The van der Waals surface area contributed by atoms with Gasteiger partial charge in [-0.2, -0.15) is 0 Å². The van der Waals surface area contributed by atoms with Crippen molar-refractivity contribution in [2.75, 3.05) is 26.7 Å². The molecule has 0 spiro atoms. The van der Waals surface area contributed by atoms with Crippen LogP contribution in [0.5, 0.6) is 5.75 Å². The standard InChI is InChI=1S/C25H32N4O2/c1-17-13-27-22(14-26-17)25(30)28-15-19-12-20(16-28)24(29-9-4-3-8-23(19)29)11-18-6-5-7-21(10-18)31-2/h5-7,10,13-14,19-20,23-24H,3-4,8-9,11-12,15-16H2,1-2H3/t19-,20+,23+,24+/m1/s1. The first-order valence-electron chi connectivity index (χ1n) is 11.6. The zero-order chi connectivity index (χ0) is 21.4. The van der Waals surface area contributed by atoms with Gasteiger partial charge in [0.25, 0.3) is 5.91 Å². The van der Waals surface area contributed by atoms with E-state index in [1.807, 2.05) is 13.0 Å². The third-order valence-electron chi connectivity index (χ3n) is 7.49. The molecule has 3 saturated heterocycles. The number of aryl methyl sites for hydroxylation is 1. The van der Waals surface area contributed by atoms with Gasteiger partial charge in [0.05, 0.1) is 19.0 Å². The molecule has 0 aliphatic carbocycles. The molecule has 4 atom stereocenters. The Morgan fingerprint density at radius 3 is 2.84 bits per heavy atom. The Hall–Kier alpha value is -2.47. The van der Waals surface area contributed by atoms with Crippen LogP contribution in [0.2, 0.25) is 0 Å². The summed E-state index contributed by atoms with van der Waals surface area (Å²) in [6, 6.07) is 9.52. The highest BCUT2D eigenvalue weighted by molar-refractivity contribution is 5.92. The van der Waals surface area contributed by atoms with Gasteiger partial charge < -0.3 is 9.64 Å². The molecule has 164 valence electrons. The number of carbonyl (C=O) groups excluding carboxylic acids is 1. The molecular formula is C25H32N4O2. The lowest BCUT2D eigenvalue weighted by Gasteiger charge is -2.57. The minimum atomic E-state index is 0.0339. The zero-order valence-electron chi connectivity index (χ0n) is 18.5. The molecule has 0 N–H and O–H groups in total.